The molecule has 32 heavy (non-hydrogen) atoms. The number of aliphatic imine (C=N–C) groups is 1. The lowest BCUT2D eigenvalue weighted by Crippen LogP contribution is -2.55. The van der Waals surface area contributed by atoms with Crippen LogP contribution in [0.1, 0.15) is 38.7 Å². The molecule has 0 spiro atoms. The Hall–Kier alpha value is -2.12. The summed E-state index contributed by atoms with van der Waals surface area (Å²) in [6.07, 6.45) is 3.04. The summed E-state index contributed by atoms with van der Waals surface area (Å²) in [5, 5.41) is 6.46. The van der Waals surface area contributed by atoms with Crippen LogP contribution in [0, 0.1) is 6.92 Å². The number of hydrogen-bond acceptors (Lipinski definition) is 3. The van der Waals surface area contributed by atoms with Crippen molar-refractivity contribution in [2.75, 3.05) is 18.4 Å². The molecule has 0 saturated heterocycles. The third-order valence-electron chi connectivity index (χ3n) is 7.78. The van der Waals surface area contributed by atoms with Crippen molar-refractivity contribution in [1.29, 1.82) is 0 Å². The van der Waals surface area contributed by atoms with Gasteiger partial charge in [-0.15, -0.1) is 0 Å². The molecule has 1 fully saturated rings. The first-order valence-corrected chi connectivity index (χ1v) is 15.2. The van der Waals surface area contributed by atoms with E-state index in [0.717, 1.165) is 36.0 Å². The number of nitrogens with one attached hydrogen (secondary N) is 2. The second-order valence-corrected chi connectivity index (χ2v) is 16.6. The van der Waals surface area contributed by atoms with Gasteiger partial charge in [-0.05, 0) is 50.8 Å². The standard InChI is InChI=1S/C24H33ClN4O2Si/c1-15-9-7-10-18(25)19(15)27-22(31)29-14-16-17(23(29,2)3)13-26-20(16)28-21(30)24(11-8-12-24)32(4,5)6/h7,9-10H,8,11-14H2,1-6H3,(H,27,31)(H,26,28,30). The molecule has 6 nitrogen and oxygen atoms in total. The Kier molecular flexibility index (Phi) is 5.57. The number of urea groups is 1. The van der Waals surface area contributed by atoms with Crippen LogP contribution >= 0.6 is 11.6 Å². The molecule has 2 aliphatic heterocycles. The number of amides is 3. The van der Waals surface area contributed by atoms with E-state index in [1.807, 2.05) is 32.9 Å². The van der Waals surface area contributed by atoms with E-state index < -0.39 is 13.6 Å². The zero-order valence-electron chi connectivity index (χ0n) is 19.9. The number of carbonyl (C=O) groups excluding carboxylic acids is 2. The number of amidine groups is 1. The number of rotatable bonds is 3. The van der Waals surface area contributed by atoms with Gasteiger partial charge >= 0.3 is 6.03 Å². The molecule has 8 heteroatoms. The fraction of sp³-hybridized carbons (Fsp3) is 0.542. The van der Waals surface area contributed by atoms with Crippen molar-refractivity contribution in [2.45, 2.75) is 70.3 Å². The summed E-state index contributed by atoms with van der Waals surface area (Å²) in [5.74, 6) is 0.759. The van der Waals surface area contributed by atoms with E-state index in [4.69, 9.17) is 11.6 Å². The first-order valence-electron chi connectivity index (χ1n) is 11.3. The smallest absolute Gasteiger partial charge is 0.311 e. The maximum absolute atomic E-state index is 13.3. The minimum Gasteiger partial charge on any atom is -0.311 e. The number of hydrogen-bond donors (Lipinski definition) is 2. The number of anilines is 1. The SMILES string of the molecule is Cc1cccc(Cl)c1NC(=O)N1CC2=C(CN=C2NC(=O)C2([Si](C)(C)C)CCC2)C1(C)C. The molecule has 3 amide bonds. The van der Waals surface area contributed by atoms with Gasteiger partial charge in [-0.3, -0.25) is 9.79 Å². The van der Waals surface area contributed by atoms with Crippen LogP contribution in [0.2, 0.25) is 29.7 Å². The van der Waals surface area contributed by atoms with Gasteiger partial charge in [-0.1, -0.05) is 49.8 Å². The van der Waals surface area contributed by atoms with E-state index in [1.165, 1.54) is 0 Å². The molecule has 0 atom stereocenters. The van der Waals surface area contributed by atoms with Crippen LogP contribution in [0.15, 0.2) is 34.3 Å². The lowest BCUT2D eigenvalue weighted by atomic mass is 9.83. The van der Waals surface area contributed by atoms with E-state index in [2.05, 4.69) is 35.3 Å². The Morgan fingerprint density at radius 1 is 1.16 bits per heavy atom. The lowest BCUT2D eigenvalue weighted by molar-refractivity contribution is -0.125. The van der Waals surface area contributed by atoms with Gasteiger partial charge in [-0.25, -0.2) is 4.79 Å². The molecule has 172 valence electrons. The molecule has 1 aromatic carbocycles. The van der Waals surface area contributed by atoms with E-state index in [1.54, 1.807) is 11.0 Å². The van der Waals surface area contributed by atoms with Gasteiger partial charge in [0.1, 0.15) is 5.84 Å². The minimum atomic E-state index is -1.68. The number of aryl methyl sites for hydroxylation is 1. The first kappa shape index (κ1) is 23.0. The van der Waals surface area contributed by atoms with E-state index in [9.17, 15) is 9.59 Å². The number of nitrogens with zero attached hydrogens (tertiary/aromatic N) is 2. The van der Waals surface area contributed by atoms with Crippen LogP contribution in [-0.4, -0.2) is 49.4 Å². The first-order chi connectivity index (χ1) is 14.9. The van der Waals surface area contributed by atoms with Crippen molar-refractivity contribution in [1.82, 2.24) is 10.2 Å². The molecule has 2 heterocycles. The summed E-state index contributed by atoms with van der Waals surface area (Å²) in [7, 11) is -1.68. The highest BCUT2D eigenvalue weighted by Gasteiger charge is 2.54. The zero-order valence-corrected chi connectivity index (χ0v) is 21.6. The number of carbonyl (C=O) groups is 2. The topological polar surface area (TPSA) is 73.8 Å². The summed E-state index contributed by atoms with van der Waals surface area (Å²) in [4.78, 5) is 33.1. The molecule has 0 bridgehead atoms. The summed E-state index contributed by atoms with van der Waals surface area (Å²) in [6, 6.07) is 5.35. The van der Waals surface area contributed by atoms with Gasteiger partial charge in [0.2, 0.25) is 5.91 Å². The third-order valence-corrected chi connectivity index (χ3v) is 11.7. The maximum Gasteiger partial charge on any atom is 0.322 e. The molecular formula is C24H33ClN4O2Si. The number of benzene rings is 1. The van der Waals surface area contributed by atoms with Crippen molar-refractivity contribution >= 4 is 43.1 Å². The Morgan fingerprint density at radius 3 is 2.41 bits per heavy atom. The summed E-state index contributed by atoms with van der Waals surface area (Å²) < 4.78 is 0. The van der Waals surface area contributed by atoms with Crippen LogP contribution in [0.25, 0.3) is 0 Å². The van der Waals surface area contributed by atoms with E-state index in [-0.39, 0.29) is 17.0 Å². The Bertz CT molecular complexity index is 1030. The van der Waals surface area contributed by atoms with Gasteiger partial charge in [0, 0.05) is 10.6 Å². The second-order valence-electron chi connectivity index (χ2n) is 10.8. The van der Waals surface area contributed by atoms with Gasteiger partial charge in [0.25, 0.3) is 0 Å². The van der Waals surface area contributed by atoms with Gasteiger partial charge < -0.3 is 15.5 Å². The fourth-order valence-electron chi connectivity index (χ4n) is 5.22. The predicted molar refractivity (Wildman–Crippen MR) is 133 cm³/mol. The van der Waals surface area contributed by atoms with Crippen LogP contribution in [0.4, 0.5) is 10.5 Å². The van der Waals surface area contributed by atoms with Crippen LogP contribution in [0.3, 0.4) is 0 Å². The van der Waals surface area contributed by atoms with Gasteiger partial charge in [-0.2, -0.15) is 0 Å². The fourth-order valence-corrected chi connectivity index (χ4v) is 8.09. The Balaban J connectivity index is 1.52. The maximum atomic E-state index is 13.3. The normalized spacial score (nSPS) is 21.1. The molecule has 1 saturated carbocycles. The average Bonchev–Trinajstić information content (AvgIpc) is 3.14. The van der Waals surface area contributed by atoms with Gasteiger partial charge in [0.05, 0.1) is 37.4 Å². The summed E-state index contributed by atoms with van der Waals surface area (Å²) in [6.45, 7) is 13.7. The predicted octanol–water partition coefficient (Wildman–Crippen LogP) is 5.36. The van der Waals surface area contributed by atoms with Crippen molar-refractivity contribution in [3.05, 3.63) is 39.9 Å². The molecule has 3 aliphatic rings. The third kappa shape index (κ3) is 3.50. The Labute approximate surface area is 196 Å². The van der Waals surface area contributed by atoms with E-state index in [0.29, 0.717) is 29.6 Å². The molecule has 1 aliphatic carbocycles. The highest BCUT2D eigenvalue weighted by molar-refractivity contribution is 6.82. The van der Waals surface area contributed by atoms with Gasteiger partial charge in [0.15, 0.2) is 0 Å². The second kappa shape index (κ2) is 7.73. The molecule has 0 unspecified atom stereocenters. The lowest BCUT2D eigenvalue weighted by Gasteiger charge is -2.49. The number of para-hydroxylation sites is 1. The van der Waals surface area contributed by atoms with Crippen LogP contribution in [-0.2, 0) is 4.79 Å². The van der Waals surface area contributed by atoms with Crippen LogP contribution in [0.5, 0.6) is 0 Å². The number of halogens is 1. The molecule has 1 aromatic rings. The minimum absolute atomic E-state index is 0.114. The summed E-state index contributed by atoms with van der Waals surface area (Å²) >= 11 is 6.32. The van der Waals surface area contributed by atoms with Crippen LogP contribution < -0.4 is 10.6 Å². The highest BCUT2D eigenvalue weighted by Crippen LogP contribution is 2.55. The van der Waals surface area contributed by atoms with Crippen molar-refractivity contribution < 1.29 is 9.59 Å². The monoisotopic (exact) mass is 472 g/mol. The van der Waals surface area contributed by atoms with E-state index >= 15 is 0 Å². The highest BCUT2D eigenvalue weighted by atomic mass is 35.5. The van der Waals surface area contributed by atoms with Crippen molar-refractivity contribution in [3.8, 4) is 0 Å². The Morgan fingerprint density at radius 2 is 1.84 bits per heavy atom. The molecular weight excluding hydrogens is 440 g/mol. The van der Waals surface area contributed by atoms with Crippen molar-refractivity contribution in [3.63, 3.8) is 0 Å². The van der Waals surface area contributed by atoms with Crippen molar-refractivity contribution in [2.24, 2.45) is 4.99 Å². The summed E-state index contributed by atoms with van der Waals surface area (Å²) in [5.41, 5.74) is 3.10. The average molecular weight is 473 g/mol. The largest absolute Gasteiger partial charge is 0.322 e. The molecule has 0 aromatic heterocycles. The zero-order chi connectivity index (χ0) is 23.5. The quantitative estimate of drug-likeness (QED) is 0.581. The molecule has 0 radical (unpaired) electrons. The molecule has 4 rings (SSSR count). The molecule has 2 N–H and O–H groups in total.